The van der Waals surface area contributed by atoms with Crippen molar-refractivity contribution in [3.8, 4) is 0 Å². The van der Waals surface area contributed by atoms with Crippen LogP contribution in [0.4, 0.5) is 5.69 Å². The Kier molecular flexibility index (Phi) is 5.30. The zero-order valence-corrected chi connectivity index (χ0v) is 14.7. The fourth-order valence-electron chi connectivity index (χ4n) is 3.13. The van der Waals surface area contributed by atoms with Crippen molar-refractivity contribution in [2.24, 2.45) is 5.92 Å². The van der Waals surface area contributed by atoms with E-state index in [1.807, 2.05) is 40.6 Å². The molecule has 1 aliphatic rings. The predicted octanol–water partition coefficient (Wildman–Crippen LogP) is 3.54. The Labute approximate surface area is 146 Å². The molecule has 1 aliphatic heterocycles. The SMILES string of the molecule is CCCN(Cc1ccsc1)C(=O)C1CC(=O)N(c2ccccc2)C1. The number of rotatable bonds is 6. The fourth-order valence-corrected chi connectivity index (χ4v) is 3.79. The molecule has 2 amide bonds. The van der Waals surface area contributed by atoms with Gasteiger partial charge < -0.3 is 9.80 Å². The van der Waals surface area contributed by atoms with Crippen LogP contribution < -0.4 is 4.90 Å². The summed E-state index contributed by atoms with van der Waals surface area (Å²) in [6.07, 6.45) is 1.22. The summed E-state index contributed by atoms with van der Waals surface area (Å²) in [7, 11) is 0. The highest BCUT2D eigenvalue weighted by Gasteiger charge is 2.37. The van der Waals surface area contributed by atoms with E-state index in [-0.39, 0.29) is 17.7 Å². The summed E-state index contributed by atoms with van der Waals surface area (Å²) >= 11 is 1.64. The predicted molar refractivity (Wildman–Crippen MR) is 96.9 cm³/mol. The third-order valence-corrected chi connectivity index (χ3v) is 5.03. The third-order valence-electron chi connectivity index (χ3n) is 4.30. The minimum absolute atomic E-state index is 0.0338. The molecule has 1 aromatic heterocycles. The molecule has 2 heterocycles. The van der Waals surface area contributed by atoms with Crippen LogP contribution in [0.1, 0.15) is 25.3 Å². The normalized spacial score (nSPS) is 17.3. The first kappa shape index (κ1) is 16.7. The van der Waals surface area contributed by atoms with Crippen molar-refractivity contribution >= 4 is 28.8 Å². The molecule has 0 aliphatic carbocycles. The second-order valence-electron chi connectivity index (χ2n) is 6.13. The summed E-state index contributed by atoms with van der Waals surface area (Å²) in [5.74, 6) is -0.121. The van der Waals surface area contributed by atoms with Crippen molar-refractivity contribution in [2.75, 3.05) is 18.0 Å². The van der Waals surface area contributed by atoms with Crippen molar-refractivity contribution in [1.29, 1.82) is 0 Å². The largest absolute Gasteiger partial charge is 0.338 e. The topological polar surface area (TPSA) is 40.6 Å². The number of hydrogen-bond donors (Lipinski definition) is 0. The molecule has 24 heavy (non-hydrogen) atoms. The number of anilines is 1. The number of nitrogens with zero attached hydrogens (tertiary/aromatic N) is 2. The van der Waals surface area contributed by atoms with Crippen molar-refractivity contribution < 1.29 is 9.59 Å². The van der Waals surface area contributed by atoms with Crippen molar-refractivity contribution in [1.82, 2.24) is 4.90 Å². The number of amides is 2. The van der Waals surface area contributed by atoms with E-state index in [2.05, 4.69) is 18.4 Å². The van der Waals surface area contributed by atoms with Crippen LogP contribution in [0.5, 0.6) is 0 Å². The lowest BCUT2D eigenvalue weighted by molar-refractivity contribution is -0.136. The standard InChI is InChI=1S/C19H22N2O2S/c1-2-9-20(12-15-8-10-24-14-15)19(23)16-11-18(22)21(13-16)17-6-4-3-5-7-17/h3-8,10,14,16H,2,9,11-13H2,1H3. The highest BCUT2D eigenvalue weighted by molar-refractivity contribution is 7.07. The minimum Gasteiger partial charge on any atom is -0.338 e. The quantitative estimate of drug-likeness (QED) is 0.806. The Hall–Kier alpha value is -2.14. The van der Waals surface area contributed by atoms with Crippen LogP contribution in [0.25, 0.3) is 0 Å². The second-order valence-corrected chi connectivity index (χ2v) is 6.91. The van der Waals surface area contributed by atoms with E-state index >= 15 is 0 Å². The average Bonchev–Trinajstić information content (AvgIpc) is 3.24. The second kappa shape index (κ2) is 7.62. The van der Waals surface area contributed by atoms with Gasteiger partial charge in [-0.1, -0.05) is 25.1 Å². The molecule has 3 rings (SSSR count). The minimum atomic E-state index is -0.247. The van der Waals surface area contributed by atoms with Crippen LogP contribution >= 0.6 is 11.3 Å². The van der Waals surface area contributed by atoms with Crippen LogP contribution in [0.3, 0.4) is 0 Å². The van der Waals surface area contributed by atoms with E-state index in [1.165, 1.54) is 0 Å². The molecule has 0 bridgehead atoms. The molecule has 0 N–H and O–H groups in total. The number of hydrogen-bond acceptors (Lipinski definition) is 3. The summed E-state index contributed by atoms with van der Waals surface area (Å²) in [6.45, 7) is 3.91. The number of carbonyl (C=O) groups excluding carboxylic acids is 2. The first-order valence-corrected chi connectivity index (χ1v) is 9.28. The van der Waals surface area contributed by atoms with Gasteiger partial charge in [0.1, 0.15) is 0 Å². The van der Waals surface area contributed by atoms with Gasteiger partial charge >= 0.3 is 0 Å². The molecular formula is C19H22N2O2S. The Bertz CT molecular complexity index is 685. The zero-order chi connectivity index (χ0) is 16.9. The molecule has 1 aromatic carbocycles. The zero-order valence-electron chi connectivity index (χ0n) is 13.9. The molecule has 1 saturated heterocycles. The van der Waals surface area contributed by atoms with E-state index in [0.29, 0.717) is 19.5 Å². The molecule has 0 spiro atoms. The molecule has 126 valence electrons. The molecule has 1 atom stereocenters. The third kappa shape index (κ3) is 3.67. The Morgan fingerprint density at radius 1 is 1.29 bits per heavy atom. The molecule has 1 unspecified atom stereocenters. The van der Waals surface area contributed by atoms with Crippen LogP contribution in [-0.4, -0.2) is 29.8 Å². The van der Waals surface area contributed by atoms with Gasteiger partial charge in [0.15, 0.2) is 0 Å². The van der Waals surface area contributed by atoms with Gasteiger partial charge in [-0.05, 0) is 40.9 Å². The van der Waals surface area contributed by atoms with E-state index < -0.39 is 0 Å². The summed E-state index contributed by atoms with van der Waals surface area (Å²) in [5, 5.41) is 4.10. The summed E-state index contributed by atoms with van der Waals surface area (Å²) < 4.78 is 0. The lowest BCUT2D eigenvalue weighted by Gasteiger charge is -2.25. The van der Waals surface area contributed by atoms with Gasteiger partial charge in [-0.3, -0.25) is 9.59 Å². The van der Waals surface area contributed by atoms with E-state index in [1.54, 1.807) is 16.2 Å². The lowest BCUT2D eigenvalue weighted by Crippen LogP contribution is -2.37. The van der Waals surface area contributed by atoms with Gasteiger partial charge in [0.25, 0.3) is 0 Å². The molecule has 5 heteroatoms. The maximum atomic E-state index is 12.9. The summed E-state index contributed by atoms with van der Waals surface area (Å²) in [5.41, 5.74) is 2.03. The van der Waals surface area contributed by atoms with Crippen molar-refractivity contribution in [3.05, 3.63) is 52.7 Å². The highest BCUT2D eigenvalue weighted by atomic mass is 32.1. The summed E-state index contributed by atoms with van der Waals surface area (Å²) in [6, 6.07) is 11.6. The van der Waals surface area contributed by atoms with Gasteiger partial charge in [0, 0.05) is 31.7 Å². The molecule has 0 saturated carbocycles. The number of carbonyl (C=O) groups is 2. The van der Waals surface area contributed by atoms with Crippen molar-refractivity contribution in [2.45, 2.75) is 26.3 Å². The average molecular weight is 342 g/mol. The monoisotopic (exact) mass is 342 g/mol. The first-order valence-electron chi connectivity index (χ1n) is 8.34. The van der Waals surface area contributed by atoms with E-state index in [9.17, 15) is 9.59 Å². The highest BCUT2D eigenvalue weighted by Crippen LogP contribution is 2.26. The number of benzene rings is 1. The van der Waals surface area contributed by atoms with Crippen LogP contribution in [0.15, 0.2) is 47.2 Å². The van der Waals surface area contributed by atoms with E-state index in [4.69, 9.17) is 0 Å². The van der Waals surface area contributed by atoms with E-state index in [0.717, 1.165) is 24.2 Å². The molecule has 4 nitrogen and oxygen atoms in total. The molecule has 1 fully saturated rings. The van der Waals surface area contributed by atoms with Crippen LogP contribution in [0.2, 0.25) is 0 Å². The Morgan fingerprint density at radius 3 is 2.75 bits per heavy atom. The molecular weight excluding hydrogens is 320 g/mol. The number of para-hydroxylation sites is 1. The van der Waals surface area contributed by atoms with Gasteiger partial charge in [-0.2, -0.15) is 11.3 Å². The molecule has 2 aromatic rings. The maximum Gasteiger partial charge on any atom is 0.228 e. The lowest BCUT2D eigenvalue weighted by atomic mass is 10.1. The van der Waals surface area contributed by atoms with Gasteiger partial charge in [-0.25, -0.2) is 0 Å². The van der Waals surface area contributed by atoms with Gasteiger partial charge in [0.2, 0.25) is 11.8 Å². The molecule has 0 radical (unpaired) electrons. The van der Waals surface area contributed by atoms with Gasteiger partial charge in [0.05, 0.1) is 5.92 Å². The van der Waals surface area contributed by atoms with Crippen LogP contribution in [0, 0.1) is 5.92 Å². The number of thiophene rings is 1. The summed E-state index contributed by atoms with van der Waals surface area (Å²) in [4.78, 5) is 28.9. The Morgan fingerprint density at radius 2 is 2.08 bits per heavy atom. The fraction of sp³-hybridized carbons (Fsp3) is 0.368. The van der Waals surface area contributed by atoms with Crippen LogP contribution in [-0.2, 0) is 16.1 Å². The van der Waals surface area contributed by atoms with Crippen molar-refractivity contribution in [3.63, 3.8) is 0 Å². The first-order chi connectivity index (χ1) is 11.7. The Balaban J connectivity index is 1.70. The van der Waals surface area contributed by atoms with Gasteiger partial charge in [-0.15, -0.1) is 0 Å². The maximum absolute atomic E-state index is 12.9. The smallest absolute Gasteiger partial charge is 0.228 e.